The molecule has 2 saturated heterocycles. The minimum atomic E-state index is 0.220. The van der Waals surface area contributed by atoms with Crippen molar-refractivity contribution in [3.8, 4) is 0 Å². The van der Waals surface area contributed by atoms with Crippen LogP contribution in [-0.2, 0) is 4.79 Å². The summed E-state index contributed by atoms with van der Waals surface area (Å²) in [5.41, 5.74) is 1.25. The van der Waals surface area contributed by atoms with E-state index in [1.165, 1.54) is 5.56 Å². The van der Waals surface area contributed by atoms with Crippen molar-refractivity contribution in [3.05, 3.63) is 42.0 Å². The van der Waals surface area contributed by atoms with E-state index in [-0.39, 0.29) is 6.61 Å². The molecule has 0 spiro atoms. The number of aliphatic hydroxyl groups is 1. The molecule has 3 rings (SSSR count). The predicted molar refractivity (Wildman–Crippen MR) is 101 cm³/mol. The summed E-state index contributed by atoms with van der Waals surface area (Å²) < 4.78 is 0. The number of hydrogen-bond donors (Lipinski definition) is 1. The van der Waals surface area contributed by atoms with Crippen LogP contribution in [0, 0.1) is 5.92 Å². The van der Waals surface area contributed by atoms with E-state index in [1.54, 1.807) is 0 Å². The van der Waals surface area contributed by atoms with Crippen molar-refractivity contribution in [2.45, 2.75) is 38.1 Å². The zero-order valence-corrected chi connectivity index (χ0v) is 15.0. The van der Waals surface area contributed by atoms with E-state index in [4.69, 9.17) is 5.11 Å². The third kappa shape index (κ3) is 4.93. The zero-order valence-electron chi connectivity index (χ0n) is 15.0. The number of amides is 1. The van der Waals surface area contributed by atoms with Gasteiger partial charge in [-0.2, -0.15) is 0 Å². The molecule has 0 radical (unpaired) electrons. The monoisotopic (exact) mass is 342 g/mol. The van der Waals surface area contributed by atoms with Crippen LogP contribution in [0.2, 0.25) is 0 Å². The normalized spacial score (nSPS) is 24.7. The van der Waals surface area contributed by atoms with Gasteiger partial charge in [-0.3, -0.25) is 9.69 Å². The maximum Gasteiger partial charge on any atom is 0.222 e. The predicted octanol–water partition coefficient (Wildman–Crippen LogP) is 2.79. The van der Waals surface area contributed by atoms with Crippen LogP contribution >= 0.6 is 0 Å². The lowest BCUT2D eigenvalue weighted by molar-refractivity contribution is -0.141. The summed E-state index contributed by atoms with van der Waals surface area (Å²) in [4.78, 5) is 16.9. The van der Waals surface area contributed by atoms with Crippen LogP contribution in [0.25, 0.3) is 6.08 Å². The molecule has 0 bridgehead atoms. The Morgan fingerprint density at radius 3 is 2.80 bits per heavy atom. The Hall–Kier alpha value is -1.65. The largest absolute Gasteiger partial charge is 0.396 e. The van der Waals surface area contributed by atoms with E-state index in [0.29, 0.717) is 24.3 Å². The fourth-order valence-corrected chi connectivity index (χ4v) is 4.18. The molecule has 1 amide bonds. The summed E-state index contributed by atoms with van der Waals surface area (Å²) in [5, 5.41) is 8.98. The van der Waals surface area contributed by atoms with Gasteiger partial charge in [0.05, 0.1) is 0 Å². The van der Waals surface area contributed by atoms with Crippen molar-refractivity contribution in [2.24, 2.45) is 5.92 Å². The molecule has 2 aliphatic rings. The lowest BCUT2D eigenvalue weighted by Crippen LogP contribution is -2.56. The number of hydrogen-bond acceptors (Lipinski definition) is 3. The van der Waals surface area contributed by atoms with Gasteiger partial charge >= 0.3 is 0 Å². The third-order valence-electron chi connectivity index (χ3n) is 5.51. The smallest absolute Gasteiger partial charge is 0.222 e. The van der Waals surface area contributed by atoms with Crippen molar-refractivity contribution >= 4 is 12.0 Å². The van der Waals surface area contributed by atoms with Crippen LogP contribution in [-0.4, -0.2) is 59.6 Å². The highest BCUT2D eigenvalue weighted by Gasteiger charge is 2.38. The van der Waals surface area contributed by atoms with Crippen LogP contribution in [0.5, 0.6) is 0 Å². The molecular formula is C21H30N2O2. The number of likely N-dealkylation sites (tertiary alicyclic amines) is 2. The number of carbonyl (C=O) groups is 1. The number of benzene rings is 1. The Balaban J connectivity index is 1.51. The average Bonchev–Trinajstić information content (AvgIpc) is 2.64. The number of fused-ring (bicyclic) bond motifs is 1. The molecule has 0 unspecified atom stereocenters. The molecule has 4 heteroatoms. The molecule has 136 valence electrons. The molecule has 2 heterocycles. The molecule has 1 aromatic rings. The second kappa shape index (κ2) is 9.16. The molecule has 2 fully saturated rings. The lowest BCUT2D eigenvalue weighted by atomic mass is 9.83. The molecule has 1 N–H and O–H groups in total. The summed E-state index contributed by atoms with van der Waals surface area (Å²) in [6.45, 7) is 4.17. The molecule has 2 aliphatic heterocycles. The van der Waals surface area contributed by atoms with Crippen LogP contribution in [0.15, 0.2) is 36.4 Å². The molecule has 0 saturated carbocycles. The number of nitrogens with zero attached hydrogens (tertiary/aromatic N) is 2. The van der Waals surface area contributed by atoms with Crippen molar-refractivity contribution < 1.29 is 9.90 Å². The van der Waals surface area contributed by atoms with Crippen molar-refractivity contribution in [2.75, 3.05) is 32.8 Å². The second-order valence-electron chi connectivity index (χ2n) is 7.25. The molecule has 0 aromatic heterocycles. The Labute approximate surface area is 151 Å². The van der Waals surface area contributed by atoms with Gasteiger partial charge < -0.3 is 10.0 Å². The van der Waals surface area contributed by atoms with Crippen molar-refractivity contribution in [1.29, 1.82) is 0 Å². The van der Waals surface area contributed by atoms with Gasteiger partial charge in [0.1, 0.15) is 0 Å². The maximum atomic E-state index is 12.3. The fraction of sp³-hybridized carbons (Fsp3) is 0.571. The number of piperidine rings is 2. The molecular weight excluding hydrogens is 312 g/mol. The van der Waals surface area contributed by atoms with Crippen molar-refractivity contribution in [1.82, 2.24) is 9.80 Å². The number of carbonyl (C=O) groups excluding carboxylic acids is 1. The SMILES string of the molecule is O=C1CC[C@H]2CN(C/C=C/c3ccccc3)CC[C@H]2N1CCCCO. The molecule has 4 nitrogen and oxygen atoms in total. The molecule has 0 aliphatic carbocycles. The minimum absolute atomic E-state index is 0.220. The van der Waals surface area contributed by atoms with Crippen LogP contribution < -0.4 is 0 Å². The Morgan fingerprint density at radius 1 is 1.16 bits per heavy atom. The highest BCUT2D eigenvalue weighted by molar-refractivity contribution is 5.77. The Bertz CT molecular complexity index is 573. The van der Waals surface area contributed by atoms with Gasteiger partial charge in [-0.15, -0.1) is 0 Å². The maximum absolute atomic E-state index is 12.3. The molecule has 25 heavy (non-hydrogen) atoms. The first-order chi connectivity index (χ1) is 12.3. The van der Waals surface area contributed by atoms with E-state index >= 15 is 0 Å². The van der Waals surface area contributed by atoms with Gasteiger partial charge in [0.15, 0.2) is 0 Å². The first kappa shape index (κ1) is 18.2. The van der Waals surface area contributed by atoms with Gasteiger partial charge in [0, 0.05) is 45.2 Å². The summed E-state index contributed by atoms with van der Waals surface area (Å²) >= 11 is 0. The summed E-state index contributed by atoms with van der Waals surface area (Å²) in [5.74, 6) is 0.919. The summed E-state index contributed by atoms with van der Waals surface area (Å²) in [6, 6.07) is 10.8. The second-order valence-corrected chi connectivity index (χ2v) is 7.25. The summed E-state index contributed by atoms with van der Waals surface area (Å²) in [6.07, 6.45) is 8.94. The lowest BCUT2D eigenvalue weighted by Gasteiger charge is -2.47. The van der Waals surface area contributed by atoms with Crippen LogP contribution in [0.1, 0.15) is 37.7 Å². The third-order valence-corrected chi connectivity index (χ3v) is 5.51. The van der Waals surface area contributed by atoms with Gasteiger partial charge in [-0.1, -0.05) is 42.5 Å². The Morgan fingerprint density at radius 2 is 2.00 bits per heavy atom. The van der Waals surface area contributed by atoms with Gasteiger partial charge in [-0.05, 0) is 37.2 Å². The highest BCUT2D eigenvalue weighted by Crippen LogP contribution is 2.31. The average molecular weight is 342 g/mol. The number of aliphatic hydroxyl groups excluding tert-OH is 1. The van der Waals surface area contributed by atoms with E-state index in [1.807, 2.05) is 6.07 Å². The zero-order chi connectivity index (χ0) is 17.5. The fourth-order valence-electron chi connectivity index (χ4n) is 4.18. The minimum Gasteiger partial charge on any atom is -0.396 e. The topological polar surface area (TPSA) is 43.8 Å². The van der Waals surface area contributed by atoms with Crippen molar-refractivity contribution in [3.63, 3.8) is 0 Å². The standard InChI is InChI=1S/C21H30N2O2/c24-16-5-4-14-23-20-12-15-22(17-19(20)10-11-21(23)25)13-6-9-18-7-2-1-3-8-18/h1-3,6-9,19-20,24H,4-5,10-17H2/b9-6+/t19-,20+/m0/s1. The quantitative estimate of drug-likeness (QED) is 0.775. The van der Waals surface area contributed by atoms with Gasteiger partial charge in [-0.25, -0.2) is 0 Å². The van der Waals surface area contributed by atoms with E-state index in [9.17, 15) is 4.79 Å². The number of rotatable bonds is 7. The summed E-state index contributed by atoms with van der Waals surface area (Å²) in [7, 11) is 0. The Kier molecular flexibility index (Phi) is 6.65. The van der Waals surface area contributed by atoms with E-state index in [0.717, 1.165) is 51.9 Å². The molecule has 1 aromatic carbocycles. The van der Waals surface area contributed by atoms with E-state index < -0.39 is 0 Å². The highest BCUT2D eigenvalue weighted by atomic mass is 16.3. The van der Waals surface area contributed by atoms with Crippen LogP contribution in [0.4, 0.5) is 0 Å². The first-order valence-electron chi connectivity index (χ1n) is 9.62. The van der Waals surface area contributed by atoms with Gasteiger partial charge in [0.25, 0.3) is 0 Å². The van der Waals surface area contributed by atoms with Crippen LogP contribution in [0.3, 0.4) is 0 Å². The molecule has 2 atom stereocenters. The van der Waals surface area contributed by atoms with Gasteiger partial charge in [0.2, 0.25) is 5.91 Å². The number of unbranched alkanes of at least 4 members (excludes halogenated alkanes) is 1. The van der Waals surface area contributed by atoms with E-state index in [2.05, 4.69) is 46.2 Å². The first-order valence-corrected chi connectivity index (χ1v) is 9.62.